The first-order valence-corrected chi connectivity index (χ1v) is 8.17. The standard InChI is InChI=1S/C18H16ClN5/c1-10(2)13-4-3-5-14-15(11-6-8-12(19)9-7-11)17(20-16(13)14)18-21-23-24-22-18/h3-10,20H,1-2H3,(H,21,22,23,24). The van der Waals surface area contributed by atoms with Crippen molar-refractivity contribution in [3.63, 3.8) is 0 Å². The minimum atomic E-state index is 0.406. The van der Waals surface area contributed by atoms with Crippen LogP contribution in [-0.4, -0.2) is 25.6 Å². The molecule has 2 aromatic heterocycles. The van der Waals surface area contributed by atoms with Gasteiger partial charge in [0, 0.05) is 16.0 Å². The number of benzene rings is 2. The molecule has 120 valence electrons. The highest BCUT2D eigenvalue weighted by Gasteiger charge is 2.20. The highest BCUT2D eigenvalue weighted by Crippen LogP contribution is 2.39. The third-order valence-electron chi connectivity index (χ3n) is 4.19. The zero-order valence-electron chi connectivity index (χ0n) is 13.3. The maximum Gasteiger partial charge on any atom is 0.221 e. The van der Waals surface area contributed by atoms with Crippen LogP contribution in [0.5, 0.6) is 0 Å². The van der Waals surface area contributed by atoms with Crippen LogP contribution in [0.4, 0.5) is 0 Å². The van der Waals surface area contributed by atoms with Gasteiger partial charge in [0.25, 0.3) is 0 Å². The average molecular weight is 338 g/mol. The number of halogens is 1. The van der Waals surface area contributed by atoms with Crippen molar-refractivity contribution in [1.29, 1.82) is 0 Å². The van der Waals surface area contributed by atoms with Crippen LogP contribution in [0.2, 0.25) is 5.02 Å². The van der Waals surface area contributed by atoms with Gasteiger partial charge in [-0.25, -0.2) is 0 Å². The molecule has 0 spiro atoms. The van der Waals surface area contributed by atoms with Gasteiger partial charge in [-0.3, -0.25) is 0 Å². The summed E-state index contributed by atoms with van der Waals surface area (Å²) in [6, 6.07) is 14.2. The van der Waals surface area contributed by atoms with Crippen molar-refractivity contribution < 1.29 is 0 Å². The normalized spacial score (nSPS) is 11.5. The number of rotatable bonds is 3. The summed E-state index contributed by atoms with van der Waals surface area (Å²) in [6.07, 6.45) is 0. The molecule has 5 nitrogen and oxygen atoms in total. The monoisotopic (exact) mass is 337 g/mol. The predicted molar refractivity (Wildman–Crippen MR) is 96.0 cm³/mol. The van der Waals surface area contributed by atoms with Gasteiger partial charge in [0.1, 0.15) is 0 Å². The van der Waals surface area contributed by atoms with Crippen LogP contribution in [0.1, 0.15) is 25.3 Å². The van der Waals surface area contributed by atoms with E-state index < -0.39 is 0 Å². The van der Waals surface area contributed by atoms with E-state index in [-0.39, 0.29) is 0 Å². The van der Waals surface area contributed by atoms with Crippen molar-refractivity contribution in [2.75, 3.05) is 0 Å². The molecule has 0 amide bonds. The first-order valence-electron chi connectivity index (χ1n) is 7.79. The topological polar surface area (TPSA) is 70.2 Å². The fraction of sp³-hybridized carbons (Fsp3) is 0.167. The molecule has 0 aliphatic carbocycles. The smallest absolute Gasteiger partial charge is 0.221 e. The molecule has 0 unspecified atom stereocenters. The molecule has 4 aromatic rings. The number of aromatic amines is 2. The van der Waals surface area contributed by atoms with Crippen molar-refractivity contribution in [3.05, 3.63) is 53.1 Å². The lowest BCUT2D eigenvalue weighted by Crippen LogP contribution is -1.88. The van der Waals surface area contributed by atoms with Crippen molar-refractivity contribution in [1.82, 2.24) is 25.6 Å². The van der Waals surface area contributed by atoms with E-state index in [1.54, 1.807) is 0 Å². The maximum atomic E-state index is 6.05. The summed E-state index contributed by atoms with van der Waals surface area (Å²) >= 11 is 6.05. The summed E-state index contributed by atoms with van der Waals surface area (Å²) in [7, 11) is 0. The van der Waals surface area contributed by atoms with Gasteiger partial charge >= 0.3 is 0 Å². The number of H-pyrrole nitrogens is 2. The van der Waals surface area contributed by atoms with Crippen molar-refractivity contribution >= 4 is 22.5 Å². The molecule has 0 atom stereocenters. The largest absolute Gasteiger partial charge is 0.351 e. The van der Waals surface area contributed by atoms with Crippen molar-refractivity contribution in [2.45, 2.75) is 19.8 Å². The molecule has 4 rings (SSSR count). The summed E-state index contributed by atoms with van der Waals surface area (Å²) in [6.45, 7) is 4.37. The zero-order chi connectivity index (χ0) is 16.7. The molecule has 0 aliphatic heterocycles. The van der Waals surface area contributed by atoms with Crippen LogP contribution in [0.15, 0.2) is 42.5 Å². The molecule has 0 radical (unpaired) electrons. The lowest BCUT2D eigenvalue weighted by atomic mass is 9.97. The average Bonchev–Trinajstić information content (AvgIpc) is 3.22. The Morgan fingerprint density at radius 1 is 1.04 bits per heavy atom. The van der Waals surface area contributed by atoms with Gasteiger partial charge in [-0.05, 0) is 34.4 Å². The van der Waals surface area contributed by atoms with Gasteiger partial charge in [-0.1, -0.05) is 55.8 Å². The SMILES string of the molecule is CC(C)c1cccc2c(-c3ccc(Cl)cc3)c(-c3nn[nH]n3)[nH]c12. The molecule has 0 bridgehead atoms. The third-order valence-corrected chi connectivity index (χ3v) is 4.44. The van der Waals surface area contributed by atoms with Crippen LogP contribution in [0.3, 0.4) is 0 Å². The van der Waals surface area contributed by atoms with Gasteiger partial charge in [-0.2, -0.15) is 5.21 Å². The van der Waals surface area contributed by atoms with Gasteiger partial charge in [0.05, 0.1) is 11.2 Å². The molecule has 2 heterocycles. The van der Waals surface area contributed by atoms with E-state index >= 15 is 0 Å². The first-order chi connectivity index (χ1) is 11.6. The predicted octanol–water partition coefficient (Wildman–Crippen LogP) is 4.79. The van der Waals surface area contributed by atoms with Crippen LogP contribution in [-0.2, 0) is 0 Å². The Hall–Kier alpha value is -2.66. The molecular formula is C18H16ClN5. The molecule has 0 fully saturated rings. The molecule has 2 aromatic carbocycles. The minimum Gasteiger partial charge on any atom is -0.351 e. The van der Waals surface area contributed by atoms with Gasteiger partial charge in [-0.15, -0.1) is 10.2 Å². The fourth-order valence-corrected chi connectivity index (χ4v) is 3.20. The van der Waals surface area contributed by atoms with E-state index in [2.05, 4.69) is 57.7 Å². The zero-order valence-corrected chi connectivity index (χ0v) is 14.1. The number of nitrogens with one attached hydrogen (secondary N) is 2. The number of aromatic nitrogens is 5. The number of nitrogens with zero attached hydrogens (tertiary/aromatic N) is 3. The van der Waals surface area contributed by atoms with Crippen LogP contribution in [0, 0.1) is 0 Å². The molecule has 0 saturated heterocycles. The van der Waals surface area contributed by atoms with E-state index in [0.29, 0.717) is 16.8 Å². The lowest BCUT2D eigenvalue weighted by Gasteiger charge is -2.07. The van der Waals surface area contributed by atoms with E-state index in [1.165, 1.54) is 5.56 Å². The number of para-hydroxylation sites is 1. The Bertz CT molecular complexity index is 984. The minimum absolute atomic E-state index is 0.406. The summed E-state index contributed by atoms with van der Waals surface area (Å²) in [5.41, 5.74) is 5.35. The highest BCUT2D eigenvalue weighted by atomic mass is 35.5. The molecule has 24 heavy (non-hydrogen) atoms. The van der Waals surface area contributed by atoms with Crippen LogP contribution < -0.4 is 0 Å². The van der Waals surface area contributed by atoms with Gasteiger partial charge in [0.15, 0.2) is 0 Å². The van der Waals surface area contributed by atoms with Crippen molar-refractivity contribution in [2.24, 2.45) is 0 Å². The lowest BCUT2D eigenvalue weighted by molar-refractivity contribution is 0.873. The number of hydrogen-bond acceptors (Lipinski definition) is 3. The van der Waals surface area contributed by atoms with Crippen LogP contribution in [0.25, 0.3) is 33.5 Å². The molecule has 6 heteroatoms. The number of tetrazole rings is 1. The van der Waals surface area contributed by atoms with Crippen molar-refractivity contribution in [3.8, 4) is 22.6 Å². The molecule has 0 saturated carbocycles. The summed E-state index contributed by atoms with van der Waals surface area (Å²) in [4.78, 5) is 3.51. The van der Waals surface area contributed by atoms with E-state index in [1.807, 2.05) is 24.3 Å². The Morgan fingerprint density at radius 3 is 2.50 bits per heavy atom. The van der Waals surface area contributed by atoms with Gasteiger partial charge in [0.2, 0.25) is 5.82 Å². The third kappa shape index (κ3) is 2.37. The Morgan fingerprint density at radius 2 is 1.83 bits per heavy atom. The number of fused-ring (bicyclic) bond motifs is 1. The summed E-state index contributed by atoms with van der Waals surface area (Å²) in [5, 5.41) is 16.4. The second-order valence-corrected chi connectivity index (χ2v) is 6.48. The van der Waals surface area contributed by atoms with Gasteiger partial charge < -0.3 is 4.98 Å². The maximum absolute atomic E-state index is 6.05. The highest BCUT2D eigenvalue weighted by molar-refractivity contribution is 6.30. The summed E-state index contributed by atoms with van der Waals surface area (Å²) in [5.74, 6) is 0.953. The second-order valence-electron chi connectivity index (χ2n) is 6.04. The second kappa shape index (κ2) is 5.76. The Kier molecular flexibility index (Phi) is 3.58. The Labute approximate surface area is 144 Å². The quantitative estimate of drug-likeness (QED) is 0.564. The van der Waals surface area contributed by atoms with Crippen LogP contribution >= 0.6 is 11.6 Å². The first kappa shape index (κ1) is 14.9. The number of hydrogen-bond donors (Lipinski definition) is 2. The fourth-order valence-electron chi connectivity index (χ4n) is 3.07. The molecule has 2 N–H and O–H groups in total. The molecule has 0 aliphatic rings. The Balaban J connectivity index is 2.07. The molecular weight excluding hydrogens is 322 g/mol. The van der Waals surface area contributed by atoms with E-state index in [4.69, 9.17) is 11.6 Å². The van der Waals surface area contributed by atoms with E-state index in [9.17, 15) is 0 Å². The summed E-state index contributed by atoms with van der Waals surface area (Å²) < 4.78 is 0. The van der Waals surface area contributed by atoms with E-state index in [0.717, 1.165) is 27.7 Å².